The number of piperidine rings is 1. The average Bonchev–Trinajstić information content (AvgIpc) is 3.35. The number of anilines is 1. The Balaban J connectivity index is 0.000000198. The van der Waals surface area contributed by atoms with E-state index in [1.54, 1.807) is 4.90 Å². The molecule has 2 aromatic rings. The molecule has 0 aliphatic carbocycles. The zero-order valence-electron chi connectivity index (χ0n) is 18.8. The van der Waals surface area contributed by atoms with Crippen LogP contribution < -0.4 is 11.5 Å². The van der Waals surface area contributed by atoms with E-state index in [1.807, 2.05) is 0 Å². The molecule has 2 saturated heterocycles. The van der Waals surface area contributed by atoms with E-state index in [0.29, 0.717) is 23.5 Å². The Labute approximate surface area is 204 Å². The van der Waals surface area contributed by atoms with Gasteiger partial charge < -0.3 is 21.3 Å². The van der Waals surface area contributed by atoms with Crippen LogP contribution in [-0.4, -0.2) is 59.3 Å². The Bertz CT molecular complexity index is 1010. The first-order chi connectivity index (χ1) is 16.4. The van der Waals surface area contributed by atoms with E-state index in [4.69, 9.17) is 23.1 Å². The molecular weight excluding hydrogens is 497 g/mol. The third-order valence-corrected chi connectivity index (χ3v) is 5.60. The van der Waals surface area contributed by atoms with E-state index in [1.165, 1.54) is 23.1 Å². The molecule has 13 heteroatoms. The molecule has 2 aliphatic rings. The number of alkyl halides is 5. The summed E-state index contributed by atoms with van der Waals surface area (Å²) in [6.45, 7) is 2.72. The van der Waals surface area contributed by atoms with Crippen LogP contribution in [0.1, 0.15) is 37.8 Å². The van der Waals surface area contributed by atoms with Crippen molar-refractivity contribution in [3.63, 3.8) is 0 Å². The first-order valence-electron chi connectivity index (χ1n) is 10.9. The van der Waals surface area contributed by atoms with Gasteiger partial charge in [0, 0.05) is 42.3 Å². The van der Waals surface area contributed by atoms with Gasteiger partial charge in [-0.15, -0.1) is 0 Å². The summed E-state index contributed by atoms with van der Waals surface area (Å²) in [5, 5.41) is 0.821. The highest BCUT2D eigenvalue weighted by atomic mass is 35.5. The molecule has 0 saturated carbocycles. The summed E-state index contributed by atoms with van der Waals surface area (Å²) >= 11 is 5.71. The SMILES string of the molecule is NC(=O)N1CCCC1.Nc1cc(C(F)(F)F)nc2ccc(Cl)cc12.O=C(C(F)F)N1CCCCC1. The molecule has 0 bridgehead atoms. The molecule has 0 spiro atoms. The van der Waals surface area contributed by atoms with Crippen molar-refractivity contribution in [2.75, 3.05) is 31.9 Å². The van der Waals surface area contributed by atoms with Gasteiger partial charge in [0.2, 0.25) is 0 Å². The summed E-state index contributed by atoms with van der Waals surface area (Å²) in [6, 6.07) is 4.89. The number of carbonyl (C=O) groups is 2. The van der Waals surface area contributed by atoms with Crippen LogP contribution >= 0.6 is 11.6 Å². The van der Waals surface area contributed by atoms with E-state index in [0.717, 1.165) is 51.3 Å². The van der Waals surface area contributed by atoms with Gasteiger partial charge in [0.1, 0.15) is 5.69 Å². The molecule has 1 aromatic heterocycles. The maximum Gasteiger partial charge on any atom is 0.433 e. The van der Waals surface area contributed by atoms with Gasteiger partial charge in [0.25, 0.3) is 5.91 Å². The van der Waals surface area contributed by atoms with Crippen molar-refractivity contribution < 1.29 is 31.5 Å². The molecule has 7 nitrogen and oxygen atoms in total. The predicted octanol–water partition coefficient (Wildman–Crippen LogP) is 4.91. The van der Waals surface area contributed by atoms with E-state index >= 15 is 0 Å². The highest BCUT2D eigenvalue weighted by molar-refractivity contribution is 6.31. The lowest BCUT2D eigenvalue weighted by Gasteiger charge is -2.26. The number of halogens is 6. The zero-order valence-corrected chi connectivity index (χ0v) is 19.6. The minimum atomic E-state index is -4.50. The second-order valence-corrected chi connectivity index (χ2v) is 8.41. The van der Waals surface area contributed by atoms with Gasteiger partial charge in [-0.3, -0.25) is 4.79 Å². The van der Waals surface area contributed by atoms with Crippen molar-refractivity contribution in [1.29, 1.82) is 0 Å². The Kier molecular flexibility index (Phi) is 10.3. The number of fused-ring (bicyclic) bond motifs is 1. The van der Waals surface area contributed by atoms with Crippen molar-refractivity contribution in [2.24, 2.45) is 5.73 Å². The van der Waals surface area contributed by atoms with Gasteiger partial charge in [-0.25, -0.2) is 9.78 Å². The first-order valence-corrected chi connectivity index (χ1v) is 11.3. The molecule has 1 aromatic carbocycles. The summed E-state index contributed by atoms with van der Waals surface area (Å²) < 4.78 is 60.9. The van der Waals surface area contributed by atoms with Crippen molar-refractivity contribution in [3.8, 4) is 0 Å². The van der Waals surface area contributed by atoms with Gasteiger partial charge in [-0.1, -0.05) is 11.6 Å². The quantitative estimate of drug-likeness (QED) is 0.518. The van der Waals surface area contributed by atoms with E-state index in [2.05, 4.69) is 4.98 Å². The predicted molar refractivity (Wildman–Crippen MR) is 123 cm³/mol. The van der Waals surface area contributed by atoms with E-state index in [9.17, 15) is 31.5 Å². The minimum Gasteiger partial charge on any atom is -0.398 e. The molecule has 35 heavy (non-hydrogen) atoms. The fourth-order valence-corrected chi connectivity index (χ4v) is 3.73. The molecule has 3 amide bonds. The zero-order chi connectivity index (χ0) is 26.2. The van der Waals surface area contributed by atoms with Gasteiger partial charge in [0.15, 0.2) is 0 Å². The number of hydrogen-bond donors (Lipinski definition) is 2. The summed E-state index contributed by atoms with van der Waals surface area (Å²) in [4.78, 5) is 27.4. The normalized spacial score (nSPS) is 15.9. The van der Waals surface area contributed by atoms with Crippen molar-refractivity contribution in [2.45, 2.75) is 44.7 Å². The molecule has 3 heterocycles. The topological polar surface area (TPSA) is 106 Å². The van der Waals surface area contributed by atoms with E-state index in [-0.39, 0.29) is 17.2 Å². The molecule has 0 unspecified atom stereocenters. The fourth-order valence-electron chi connectivity index (χ4n) is 3.56. The lowest BCUT2D eigenvalue weighted by atomic mass is 10.1. The van der Waals surface area contributed by atoms with Crippen LogP contribution in [-0.2, 0) is 11.0 Å². The molecule has 0 atom stereocenters. The number of primary amides is 1. The number of urea groups is 1. The summed E-state index contributed by atoms with van der Waals surface area (Å²) in [5.74, 6) is -1.01. The third kappa shape index (κ3) is 8.68. The highest BCUT2D eigenvalue weighted by Gasteiger charge is 2.33. The van der Waals surface area contributed by atoms with Crippen LogP contribution in [0.2, 0.25) is 5.02 Å². The average molecular weight is 524 g/mol. The Hall–Kier alpha value is -2.89. The number of pyridine rings is 1. The number of rotatable bonds is 1. The van der Waals surface area contributed by atoms with Crippen LogP contribution in [0.3, 0.4) is 0 Å². The summed E-state index contributed by atoms with van der Waals surface area (Å²) in [5.41, 5.74) is 9.70. The van der Waals surface area contributed by atoms with Crippen LogP contribution in [0.25, 0.3) is 10.9 Å². The van der Waals surface area contributed by atoms with Gasteiger partial charge in [0.05, 0.1) is 5.52 Å². The first kappa shape index (κ1) is 28.3. The Morgan fingerprint density at radius 1 is 0.943 bits per heavy atom. The molecule has 0 radical (unpaired) electrons. The second-order valence-electron chi connectivity index (χ2n) is 7.97. The second kappa shape index (κ2) is 12.7. The monoisotopic (exact) mass is 523 g/mol. The van der Waals surface area contributed by atoms with Crippen molar-refractivity contribution in [1.82, 2.24) is 14.8 Å². The molecular formula is C22H27ClF5N5O2. The largest absolute Gasteiger partial charge is 0.433 e. The third-order valence-electron chi connectivity index (χ3n) is 5.37. The number of carbonyl (C=O) groups excluding carboxylic acids is 2. The van der Waals surface area contributed by atoms with Crippen LogP contribution in [0, 0.1) is 0 Å². The smallest absolute Gasteiger partial charge is 0.398 e. The molecule has 4 rings (SSSR count). The number of amides is 3. The number of hydrogen-bond acceptors (Lipinski definition) is 4. The number of nitrogens with two attached hydrogens (primary N) is 2. The van der Waals surface area contributed by atoms with Crippen LogP contribution in [0.4, 0.5) is 32.4 Å². The van der Waals surface area contributed by atoms with Crippen LogP contribution in [0.5, 0.6) is 0 Å². The van der Waals surface area contributed by atoms with Crippen molar-refractivity contribution in [3.05, 3.63) is 35.0 Å². The lowest BCUT2D eigenvalue weighted by molar-refractivity contribution is -0.143. The number of nitrogens with zero attached hydrogens (tertiary/aromatic N) is 3. The maximum absolute atomic E-state index is 12.4. The molecule has 4 N–H and O–H groups in total. The fraction of sp³-hybridized carbons (Fsp3) is 0.500. The van der Waals surface area contributed by atoms with Gasteiger partial charge in [-0.2, -0.15) is 22.0 Å². The number of benzene rings is 1. The number of nitrogen functional groups attached to an aromatic ring is 1. The lowest BCUT2D eigenvalue weighted by Crippen LogP contribution is -2.39. The number of aromatic nitrogens is 1. The maximum atomic E-state index is 12.4. The van der Waals surface area contributed by atoms with Gasteiger partial charge >= 0.3 is 18.6 Å². The molecule has 194 valence electrons. The number of likely N-dealkylation sites (tertiary alicyclic amines) is 2. The van der Waals surface area contributed by atoms with Crippen molar-refractivity contribution >= 4 is 40.1 Å². The molecule has 2 fully saturated rings. The van der Waals surface area contributed by atoms with Crippen LogP contribution in [0.15, 0.2) is 24.3 Å². The minimum absolute atomic E-state index is 0.0137. The Morgan fingerprint density at radius 2 is 1.49 bits per heavy atom. The summed E-state index contributed by atoms with van der Waals surface area (Å²) in [6.07, 6.45) is -2.33. The Morgan fingerprint density at radius 3 is 1.97 bits per heavy atom. The van der Waals surface area contributed by atoms with Gasteiger partial charge in [-0.05, 0) is 56.4 Å². The summed E-state index contributed by atoms with van der Waals surface area (Å²) in [7, 11) is 0. The standard InChI is InChI=1S/C10H6ClF3N2.C7H11F2NO.C5H10N2O/c11-5-1-2-8-6(3-5)7(15)4-9(16-8)10(12,13)14;8-6(9)7(11)10-4-2-1-3-5-10;6-5(8)7-3-1-2-4-7/h1-4H,(H2,15,16);6H,1-5H2;1-4H2,(H2,6,8). The van der Waals surface area contributed by atoms with E-state index < -0.39 is 24.2 Å². The highest BCUT2D eigenvalue weighted by Crippen LogP contribution is 2.32. The molecule has 2 aliphatic heterocycles.